The maximum Gasteiger partial charge on any atom is 0.209 e. The smallest absolute Gasteiger partial charge is 0.209 e. The van der Waals surface area contributed by atoms with E-state index in [9.17, 15) is 13.5 Å². The van der Waals surface area contributed by atoms with Crippen LogP contribution in [0.5, 0.6) is 0 Å². The van der Waals surface area contributed by atoms with Gasteiger partial charge in [0.05, 0.1) is 25.1 Å². The second-order valence-corrected chi connectivity index (χ2v) is 7.61. The first-order valence-electron chi connectivity index (χ1n) is 7.28. The number of hydrogen-bond donors (Lipinski definition) is 3. The number of ether oxygens (including phenoxy) is 1. The molecule has 0 radical (unpaired) electrons. The summed E-state index contributed by atoms with van der Waals surface area (Å²) in [7, 11) is -3.19. The fourth-order valence-corrected chi connectivity index (χ4v) is 3.27. The van der Waals surface area contributed by atoms with Crippen molar-refractivity contribution in [3.05, 3.63) is 0 Å². The summed E-state index contributed by atoms with van der Waals surface area (Å²) in [4.78, 5) is 0. The van der Waals surface area contributed by atoms with Crippen molar-refractivity contribution in [3.63, 3.8) is 0 Å². The molecule has 6 nitrogen and oxygen atoms in total. The highest BCUT2D eigenvalue weighted by Gasteiger charge is 2.27. The zero-order chi connectivity index (χ0) is 15.2. The van der Waals surface area contributed by atoms with Crippen molar-refractivity contribution in [3.8, 4) is 0 Å². The van der Waals surface area contributed by atoms with Crippen LogP contribution in [-0.2, 0) is 14.8 Å². The van der Waals surface area contributed by atoms with Crippen molar-refractivity contribution in [2.45, 2.75) is 63.8 Å². The summed E-state index contributed by atoms with van der Waals surface area (Å²) in [6, 6.07) is -0.0101. The van der Waals surface area contributed by atoms with E-state index in [1.54, 1.807) is 0 Å². The lowest BCUT2D eigenvalue weighted by atomic mass is 9.91. The van der Waals surface area contributed by atoms with Crippen LogP contribution in [0.2, 0.25) is 0 Å². The first-order valence-corrected chi connectivity index (χ1v) is 9.17. The Bertz CT molecular complexity index is 373. The largest absolute Gasteiger partial charge is 0.389 e. The standard InChI is InChI=1S/C13H28N2O4S/c1-10(2)19-9-11(16)8-14-12-6-4-5-7-13(12)15-20(3,17)18/h10-16H,4-9H2,1-3H3/t11-,12-,13-/m1/s1. The zero-order valence-corrected chi connectivity index (χ0v) is 13.4. The number of hydrogen-bond acceptors (Lipinski definition) is 5. The predicted octanol–water partition coefficient (Wildman–Crippen LogP) is 0.222. The first-order chi connectivity index (χ1) is 9.28. The summed E-state index contributed by atoms with van der Waals surface area (Å²) in [6.07, 6.45) is 4.58. The Balaban J connectivity index is 2.38. The van der Waals surface area contributed by atoms with Crippen LogP contribution < -0.4 is 10.0 Å². The quantitative estimate of drug-likeness (QED) is 0.597. The van der Waals surface area contributed by atoms with E-state index in [0.29, 0.717) is 13.2 Å². The third-order valence-corrected chi connectivity index (χ3v) is 4.10. The van der Waals surface area contributed by atoms with Crippen LogP contribution in [0.15, 0.2) is 0 Å². The molecule has 0 aromatic carbocycles. The van der Waals surface area contributed by atoms with E-state index in [1.807, 2.05) is 13.8 Å². The number of rotatable bonds is 8. The topological polar surface area (TPSA) is 87.7 Å². The van der Waals surface area contributed by atoms with Gasteiger partial charge < -0.3 is 15.2 Å². The molecule has 3 atom stereocenters. The molecule has 120 valence electrons. The monoisotopic (exact) mass is 308 g/mol. The van der Waals surface area contributed by atoms with Gasteiger partial charge in [0, 0.05) is 18.6 Å². The molecule has 0 unspecified atom stereocenters. The van der Waals surface area contributed by atoms with Crippen molar-refractivity contribution in [1.29, 1.82) is 0 Å². The molecule has 0 aromatic heterocycles. The van der Waals surface area contributed by atoms with Crippen LogP contribution in [0.25, 0.3) is 0 Å². The van der Waals surface area contributed by atoms with Crippen LogP contribution in [0.4, 0.5) is 0 Å². The van der Waals surface area contributed by atoms with E-state index in [4.69, 9.17) is 4.74 Å². The highest BCUT2D eigenvalue weighted by molar-refractivity contribution is 7.88. The Morgan fingerprint density at radius 3 is 2.40 bits per heavy atom. The summed E-state index contributed by atoms with van der Waals surface area (Å²) in [5, 5.41) is 13.1. The normalized spacial score (nSPS) is 25.9. The molecule has 1 aliphatic rings. The van der Waals surface area contributed by atoms with Gasteiger partial charge in [-0.2, -0.15) is 0 Å². The summed E-state index contributed by atoms with van der Waals surface area (Å²) < 4.78 is 30.7. The molecule has 1 rings (SSSR count). The third-order valence-electron chi connectivity index (χ3n) is 3.37. The van der Waals surface area contributed by atoms with Crippen molar-refractivity contribution in [1.82, 2.24) is 10.0 Å². The van der Waals surface area contributed by atoms with Crippen molar-refractivity contribution in [2.75, 3.05) is 19.4 Å². The molecule has 1 aliphatic carbocycles. The van der Waals surface area contributed by atoms with Crippen molar-refractivity contribution < 1.29 is 18.3 Å². The molecule has 1 saturated carbocycles. The molecule has 0 aromatic rings. The molecule has 0 spiro atoms. The maximum absolute atomic E-state index is 11.4. The van der Waals surface area contributed by atoms with Gasteiger partial charge in [-0.3, -0.25) is 0 Å². The fraction of sp³-hybridized carbons (Fsp3) is 1.00. The Morgan fingerprint density at radius 1 is 1.25 bits per heavy atom. The Morgan fingerprint density at radius 2 is 1.85 bits per heavy atom. The highest BCUT2D eigenvalue weighted by Crippen LogP contribution is 2.19. The number of aliphatic hydroxyl groups is 1. The molecular formula is C13H28N2O4S. The zero-order valence-electron chi connectivity index (χ0n) is 12.6. The average molecular weight is 308 g/mol. The maximum atomic E-state index is 11.4. The number of aliphatic hydroxyl groups excluding tert-OH is 1. The molecule has 0 heterocycles. The van der Waals surface area contributed by atoms with Gasteiger partial charge >= 0.3 is 0 Å². The number of nitrogens with one attached hydrogen (secondary N) is 2. The Kier molecular flexibility index (Phi) is 7.39. The second kappa shape index (κ2) is 8.29. The molecule has 3 N–H and O–H groups in total. The first kappa shape index (κ1) is 17.8. The minimum atomic E-state index is -3.19. The van der Waals surface area contributed by atoms with Gasteiger partial charge in [0.2, 0.25) is 10.0 Å². The van der Waals surface area contributed by atoms with E-state index < -0.39 is 16.1 Å². The molecule has 1 fully saturated rings. The van der Waals surface area contributed by atoms with Crippen LogP contribution in [0.3, 0.4) is 0 Å². The van der Waals surface area contributed by atoms with Crippen molar-refractivity contribution in [2.24, 2.45) is 0 Å². The van der Waals surface area contributed by atoms with Gasteiger partial charge in [-0.05, 0) is 26.7 Å². The molecule has 0 bridgehead atoms. The van der Waals surface area contributed by atoms with Crippen LogP contribution in [0, 0.1) is 0 Å². The summed E-state index contributed by atoms with van der Waals surface area (Å²) >= 11 is 0. The number of sulfonamides is 1. The van der Waals surface area contributed by atoms with E-state index in [1.165, 1.54) is 6.26 Å². The highest BCUT2D eigenvalue weighted by atomic mass is 32.2. The minimum Gasteiger partial charge on any atom is -0.389 e. The van der Waals surface area contributed by atoms with Gasteiger partial charge in [0.1, 0.15) is 0 Å². The fourth-order valence-electron chi connectivity index (χ4n) is 2.44. The molecule has 7 heteroatoms. The van der Waals surface area contributed by atoms with E-state index >= 15 is 0 Å². The molecule has 0 aliphatic heterocycles. The van der Waals surface area contributed by atoms with E-state index in [-0.39, 0.29) is 18.2 Å². The third kappa shape index (κ3) is 7.54. The lowest BCUT2D eigenvalue weighted by Gasteiger charge is -2.33. The van der Waals surface area contributed by atoms with Gasteiger partial charge in [-0.15, -0.1) is 0 Å². The lowest BCUT2D eigenvalue weighted by molar-refractivity contribution is 0.00469. The summed E-state index contributed by atoms with van der Waals surface area (Å²) in [5.74, 6) is 0. The predicted molar refractivity (Wildman–Crippen MR) is 79.1 cm³/mol. The van der Waals surface area contributed by atoms with Crippen LogP contribution in [-0.4, -0.2) is 57.2 Å². The Labute approximate surface area is 122 Å². The molecule has 0 saturated heterocycles. The second-order valence-electron chi connectivity index (χ2n) is 5.83. The molecular weight excluding hydrogens is 280 g/mol. The Hall–Kier alpha value is -0.210. The van der Waals surface area contributed by atoms with Crippen LogP contribution in [0.1, 0.15) is 39.5 Å². The summed E-state index contributed by atoms with van der Waals surface area (Å²) in [5.41, 5.74) is 0. The van der Waals surface area contributed by atoms with Crippen LogP contribution >= 0.6 is 0 Å². The van der Waals surface area contributed by atoms with E-state index in [2.05, 4.69) is 10.0 Å². The van der Waals surface area contributed by atoms with Gasteiger partial charge in [0.25, 0.3) is 0 Å². The summed E-state index contributed by atoms with van der Waals surface area (Å²) in [6.45, 7) is 4.56. The van der Waals surface area contributed by atoms with E-state index in [0.717, 1.165) is 25.7 Å². The van der Waals surface area contributed by atoms with Gasteiger partial charge in [-0.1, -0.05) is 12.8 Å². The molecule has 0 amide bonds. The van der Waals surface area contributed by atoms with Gasteiger partial charge in [0.15, 0.2) is 0 Å². The average Bonchev–Trinajstić information content (AvgIpc) is 2.33. The SMILES string of the molecule is CC(C)OC[C@H](O)CN[C@@H]1CCCC[C@H]1NS(C)(=O)=O. The minimum absolute atomic E-state index is 0.0761. The van der Waals surface area contributed by atoms with Gasteiger partial charge in [-0.25, -0.2) is 13.1 Å². The molecule has 20 heavy (non-hydrogen) atoms. The van der Waals surface area contributed by atoms with Crippen molar-refractivity contribution >= 4 is 10.0 Å². The lowest BCUT2D eigenvalue weighted by Crippen LogP contribution is -2.53.